The van der Waals surface area contributed by atoms with Crippen molar-refractivity contribution in [3.8, 4) is 0 Å². The molecule has 1 unspecified atom stereocenters. The second-order valence-corrected chi connectivity index (χ2v) is 4.67. The smallest absolute Gasteiger partial charge is 0.287 e. The summed E-state index contributed by atoms with van der Waals surface area (Å²) in [4.78, 5) is 30.1. The molecule has 5 nitrogen and oxygen atoms in total. The SMILES string of the molecule is CCCCCCCCCC1OOC2(OO2)C1=O. The molecule has 17 heavy (non-hydrogen) atoms. The van der Waals surface area contributed by atoms with Crippen LogP contribution >= 0.6 is 0 Å². The highest BCUT2D eigenvalue weighted by atomic mass is 17.5. The normalized spacial score (nSPS) is 25.7. The van der Waals surface area contributed by atoms with Crippen LogP contribution in [0.4, 0.5) is 0 Å². The third kappa shape index (κ3) is 3.25. The Kier molecular flexibility index (Phi) is 4.50. The lowest BCUT2D eigenvalue weighted by Crippen LogP contribution is -2.25. The number of unbranched alkanes of at least 4 members (excludes halogenated alkanes) is 6. The summed E-state index contributed by atoms with van der Waals surface area (Å²) in [6, 6.07) is 0. The Balaban J connectivity index is 1.50. The lowest BCUT2D eigenvalue weighted by Gasteiger charge is -2.04. The fraction of sp³-hybridized carbons (Fsp3) is 0.917. The average Bonchev–Trinajstić information content (AvgIpc) is 3.05. The molecule has 5 heteroatoms. The van der Waals surface area contributed by atoms with Gasteiger partial charge >= 0.3 is 5.97 Å². The Morgan fingerprint density at radius 1 is 1.00 bits per heavy atom. The molecule has 1 atom stereocenters. The van der Waals surface area contributed by atoms with Gasteiger partial charge in [0.1, 0.15) is 0 Å². The van der Waals surface area contributed by atoms with Gasteiger partial charge in [-0.1, -0.05) is 51.9 Å². The first kappa shape index (κ1) is 13.0. The highest BCUT2D eigenvalue weighted by Crippen LogP contribution is 2.40. The molecule has 0 amide bonds. The van der Waals surface area contributed by atoms with Crippen molar-refractivity contribution in [3.63, 3.8) is 0 Å². The van der Waals surface area contributed by atoms with E-state index < -0.39 is 12.1 Å². The van der Waals surface area contributed by atoms with Crippen molar-refractivity contribution >= 4 is 5.78 Å². The standard InChI is InChI=1S/C12H20O5/c1-2-3-4-5-6-7-8-9-10-11(13)12(15-14-10)16-17-12/h10H,2-9H2,1H3. The number of carbonyl (C=O) groups is 1. The van der Waals surface area contributed by atoms with Crippen LogP contribution in [0.2, 0.25) is 0 Å². The van der Waals surface area contributed by atoms with Crippen molar-refractivity contribution in [3.05, 3.63) is 0 Å². The largest absolute Gasteiger partial charge is 0.428 e. The minimum atomic E-state index is -1.49. The first-order valence-corrected chi connectivity index (χ1v) is 6.54. The molecule has 2 saturated heterocycles. The molecular formula is C12H20O5. The van der Waals surface area contributed by atoms with Crippen LogP contribution in [0.15, 0.2) is 0 Å². The lowest BCUT2D eigenvalue weighted by molar-refractivity contribution is -0.329. The number of hydrogen-bond acceptors (Lipinski definition) is 5. The van der Waals surface area contributed by atoms with Crippen molar-refractivity contribution in [2.75, 3.05) is 0 Å². The van der Waals surface area contributed by atoms with Crippen LogP contribution in [0.1, 0.15) is 58.3 Å². The van der Waals surface area contributed by atoms with Crippen LogP contribution in [0.3, 0.4) is 0 Å². The zero-order valence-corrected chi connectivity index (χ0v) is 10.3. The summed E-state index contributed by atoms with van der Waals surface area (Å²) in [5.41, 5.74) is 0. The summed E-state index contributed by atoms with van der Waals surface area (Å²) in [5.74, 6) is -1.74. The maximum absolute atomic E-state index is 11.6. The number of ketones is 1. The maximum atomic E-state index is 11.6. The molecule has 0 aromatic carbocycles. The Morgan fingerprint density at radius 3 is 2.24 bits per heavy atom. The molecule has 2 heterocycles. The second-order valence-electron chi connectivity index (χ2n) is 4.67. The van der Waals surface area contributed by atoms with Crippen molar-refractivity contribution in [1.82, 2.24) is 0 Å². The molecule has 0 saturated carbocycles. The third-order valence-corrected chi connectivity index (χ3v) is 3.17. The Bertz CT molecular complexity index is 262. The van der Waals surface area contributed by atoms with E-state index in [1.807, 2.05) is 0 Å². The van der Waals surface area contributed by atoms with E-state index in [4.69, 9.17) is 9.78 Å². The summed E-state index contributed by atoms with van der Waals surface area (Å²) in [5, 5.41) is 0. The van der Waals surface area contributed by atoms with E-state index in [0.29, 0.717) is 6.42 Å². The number of rotatable bonds is 8. The van der Waals surface area contributed by atoms with Gasteiger partial charge in [-0.2, -0.15) is 14.7 Å². The molecule has 0 aliphatic carbocycles. The first-order chi connectivity index (χ1) is 8.28. The zero-order chi connectivity index (χ0) is 12.1. The molecule has 0 aromatic rings. The molecule has 2 aliphatic heterocycles. The van der Waals surface area contributed by atoms with Gasteiger partial charge in [-0.25, -0.2) is 4.89 Å². The summed E-state index contributed by atoms with van der Waals surface area (Å²) in [7, 11) is 0. The molecular weight excluding hydrogens is 224 g/mol. The van der Waals surface area contributed by atoms with Crippen LogP contribution in [0, 0.1) is 0 Å². The van der Waals surface area contributed by atoms with Crippen LogP contribution in [0.25, 0.3) is 0 Å². The number of hydrogen-bond donors (Lipinski definition) is 0. The topological polar surface area (TPSA) is 60.6 Å². The minimum absolute atomic E-state index is 0.247. The minimum Gasteiger partial charge on any atom is -0.287 e. The number of carbonyl (C=O) groups excluding carboxylic acids is 1. The van der Waals surface area contributed by atoms with Crippen molar-refractivity contribution in [1.29, 1.82) is 0 Å². The van der Waals surface area contributed by atoms with E-state index in [-0.39, 0.29) is 5.78 Å². The molecule has 0 radical (unpaired) electrons. The maximum Gasteiger partial charge on any atom is 0.428 e. The molecule has 0 N–H and O–H groups in total. The van der Waals surface area contributed by atoms with Gasteiger partial charge in [0.05, 0.1) is 0 Å². The van der Waals surface area contributed by atoms with E-state index in [0.717, 1.165) is 12.8 Å². The van der Waals surface area contributed by atoms with Crippen LogP contribution < -0.4 is 0 Å². The predicted octanol–water partition coefficient (Wildman–Crippen LogP) is 2.64. The quantitative estimate of drug-likeness (QED) is 0.373. The van der Waals surface area contributed by atoms with Gasteiger partial charge in [0.2, 0.25) is 0 Å². The monoisotopic (exact) mass is 244 g/mol. The number of Topliss-reactive ketones (excluding diaryl/α,β-unsaturated/α-hetero) is 1. The highest BCUT2D eigenvalue weighted by Gasteiger charge is 2.67. The predicted molar refractivity (Wildman–Crippen MR) is 58.5 cm³/mol. The molecule has 0 aromatic heterocycles. The molecule has 98 valence electrons. The van der Waals surface area contributed by atoms with Gasteiger partial charge in [0.25, 0.3) is 5.78 Å². The van der Waals surface area contributed by atoms with E-state index in [9.17, 15) is 4.79 Å². The van der Waals surface area contributed by atoms with Gasteiger partial charge < -0.3 is 0 Å². The van der Waals surface area contributed by atoms with Crippen LogP contribution in [-0.4, -0.2) is 17.9 Å². The second kappa shape index (κ2) is 5.91. The van der Waals surface area contributed by atoms with Crippen molar-refractivity contribution in [2.24, 2.45) is 0 Å². The Labute approximate surface area is 101 Å². The lowest BCUT2D eigenvalue weighted by atomic mass is 10.0. The van der Waals surface area contributed by atoms with E-state index in [1.165, 1.54) is 32.1 Å². The van der Waals surface area contributed by atoms with Gasteiger partial charge in [-0.3, -0.25) is 4.79 Å². The summed E-state index contributed by atoms with van der Waals surface area (Å²) >= 11 is 0. The van der Waals surface area contributed by atoms with Crippen molar-refractivity contribution in [2.45, 2.75) is 70.4 Å². The molecule has 2 aliphatic rings. The first-order valence-electron chi connectivity index (χ1n) is 6.54. The van der Waals surface area contributed by atoms with Gasteiger partial charge in [0.15, 0.2) is 6.10 Å². The van der Waals surface area contributed by atoms with E-state index in [2.05, 4.69) is 16.7 Å². The summed E-state index contributed by atoms with van der Waals surface area (Å²) in [6.07, 6.45) is 8.66. The van der Waals surface area contributed by atoms with Gasteiger partial charge in [0, 0.05) is 0 Å². The molecule has 1 spiro atoms. The fourth-order valence-electron chi connectivity index (χ4n) is 2.02. The third-order valence-electron chi connectivity index (χ3n) is 3.17. The molecule has 2 rings (SSSR count). The zero-order valence-electron chi connectivity index (χ0n) is 10.3. The van der Waals surface area contributed by atoms with Crippen LogP contribution in [-0.2, 0) is 24.3 Å². The summed E-state index contributed by atoms with van der Waals surface area (Å²) < 4.78 is 0. The van der Waals surface area contributed by atoms with E-state index >= 15 is 0 Å². The molecule has 2 fully saturated rings. The molecule has 0 bridgehead atoms. The Hall–Kier alpha value is -0.490. The van der Waals surface area contributed by atoms with Gasteiger partial charge in [-0.05, 0) is 6.42 Å². The fourth-order valence-corrected chi connectivity index (χ4v) is 2.02. The average molecular weight is 244 g/mol. The summed E-state index contributed by atoms with van der Waals surface area (Å²) in [6.45, 7) is 2.21. The van der Waals surface area contributed by atoms with E-state index in [1.54, 1.807) is 0 Å². The Morgan fingerprint density at radius 2 is 1.65 bits per heavy atom. The highest BCUT2D eigenvalue weighted by molar-refractivity contribution is 5.90. The van der Waals surface area contributed by atoms with Crippen molar-refractivity contribution < 1.29 is 24.3 Å². The van der Waals surface area contributed by atoms with Gasteiger partial charge in [-0.15, -0.1) is 0 Å². The van der Waals surface area contributed by atoms with Crippen LogP contribution in [0.5, 0.6) is 0 Å².